The van der Waals surface area contributed by atoms with E-state index in [1.165, 1.54) is 11.1 Å². The number of fused-ring (bicyclic) bond motifs is 1. The van der Waals surface area contributed by atoms with Crippen molar-refractivity contribution in [1.29, 1.82) is 0 Å². The van der Waals surface area contributed by atoms with Gasteiger partial charge in [-0.05, 0) is 56.9 Å². The minimum absolute atomic E-state index is 0.0999. The number of aromatic nitrogens is 2. The second-order valence-electron chi connectivity index (χ2n) is 8.34. The van der Waals surface area contributed by atoms with Crippen LogP contribution in [0.4, 0.5) is 5.95 Å². The molecule has 1 aliphatic heterocycles. The number of rotatable bonds is 5. The van der Waals surface area contributed by atoms with Crippen molar-refractivity contribution in [2.75, 3.05) is 18.0 Å². The first-order valence-electron chi connectivity index (χ1n) is 10.6. The number of anilines is 1. The van der Waals surface area contributed by atoms with Crippen LogP contribution in [0.5, 0.6) is 0 Å². The minimum atomic E-state index is 0.0999. The molecule has 3 aromatic rings. The highest BCUT2D eigenvalue weighted by Gasteiger charge is 2.28. The van der Waals surface area contributed by atoms with Crippen molar-refractivity contribution in [3.8, 4) is 0 Å². The van der Waals surface area contributed by atoms with Crippen molar-refractivity contribution < 1.29 is 4.79 Å². The average molecular weight is 391 g/mol. The maximum atomic E-state index is 12.4. The van der Waals surface area contributed by atoms with Crippen molar-refractivity contribution in [3.63, 3.8) is 0 Å². The number of nitrogens with one attached hydrogen (secondary N) is 1. The summed E-state index contributed by atoms with van der Waals surface area (Å²) in [5, 5.41) is 3.06. The number of imidazole rings is 1. The van der Waals surface area contributed by atoms with Gasteiger partial charge in [0, 0.05) is 25.0 Å². The molecule has 1 aliphatic rings. The lowest BCUT2D eigenvalue weighted by atomic mass is 9.96. The number of hydrogen-bond donors (Lipinski definition) is 1. The zero-order valence-electron chi connectivity index (χ0n) is 17.6. The van der Waals surface area contributed by atoms with E-state index in [0.29, 0.717) is 0 Å². The van der Waals surface area contributed by atoms with Crippen LogP contribution in [0, 0.1) is 12.8 Å². The number of para-hydroxylation sites is 2. The lowest BCUT2D eigenvalue weighted by Gasteiger charge is -2.32. The highest BCUT2D eigenvalue weighted by Crippen LogP contribution is 2.28. The topological polar surface area (TPSA) is 50.2 Å². The van der Waals surface area contributed by atoms with Gasteiger partial charge >= 0.3 is 0 Å². The third kappa shape index (κ3) is 4.14. The summed E-state index contributed by atoms with van der Waals surface area (Å²) in [6, 6.07) is 17.1. The Morgan fingerprint density at radius 3 is 2.52 bits per heavy atom. The minimum Gasteiger partial charge on any atom is -0.354 e. The molecule has 0 bridgehead atoms. The van der Waals surface area contributed by atoms with E-state index >= 15 is 0 Å². The van der Waals surface area contributed by atoms with Crippen LogP contribution in [-0.4, -0.2) is 34.6 Å². The molecular formula is C24H30N4O. The quantitative estimate of drug-likeness (QED) is 0.712. The Labute approximate surface area is 172 Å². The van der Waals surface area contributed by atoms with Crippen molar-refractivity contribution in [1.82, 2.24) is 14.9 Å². The molecular weight excluding hydrogens is 360 g/mol. The van der Waals surface area contributed by atoms with Crippen LogP contribution < -0.4 is 10.2 Å². The summed E-state index contributed by atoms with van der Waals surface area (Å²) in [4.78, 5) is 19.7. The van der Waals surface area contributed by atoms with Crippen LogP contribution in [0.2, 0.25) is 0 Å². The molecule has 0 radical (unpaired) electrons. The summed E-state index contributed by atoms with van der Waals surface area (Å²) in [6.45, 7) is 8.70. The predicted molar refractivity (Wildman–Crippen MR) is 118 cm³/mol. The molecule has 1 fully saturated rings. The standard InChI is InChI=1S/C24H30N4O/c1-17(2)25-23(29)19-12-14-27(15-13-19)24-26-21-10-6-7-11-22(21)28(24)16-20-9-5-4-8-18(20)3/h4-11,17,19H,12-16H2,1-3H3,(H,25,29). The molecule has 5 nitrogen and oxygen atoms in total. The highest BCUT2D eigenvalue weighted by atomic mass is 16.1. The summed E-state index contributed by atoms with van der Waals surface area (Å²) >= 11 is 0. The summed E-state index contributed by atoms with van der Waals surface area (Å²) < 4.78 is 2.33. The van der Waals surface area contributed by atoms with Crippen LogP contribution in [0.3, 0.4) is 0 Å². The third-order valence-corrected chi connectivity index (χ3v) is 5.80. The number of carbonyl (C=O) groups excluding carboxylic acids is 1. The molecule has 0 unspecified atom stereocenters. The number of aryl methyl sites for hydroxylation is 1. The Kier molecular flexibility index (Phi) is 5.56. The van der Waals surface area contributed by atoms with E-state index in [1.807, 2.05) is 19.9 Å². The molecule has 1 N–H and O–H groups in total. The van der Waals surface area contributed by atoms with Gasteiger partial charge in [-0.25, -0.2) is 4.98 Å². The first kappa shape index (κ1) is 19.5. The molecule has 0 saturated carbocycles. The van der Waals surface area contributed by atoms with Crippen molar-refractivity contribution in [2.45, 2.75) is 46.2 Å². The molecule has 4 rings (SSSR count). The molecule has 0 spiro atoms. The van der Waals surface area contributed by atoms with Crippen LogP contribution in [-0.2, 0) is 11.3 Å². The number of nitrogens with zero attached hydrogens (tertiary/aromatic N) is 3. The normalized spacial score (nSPS) is 15.2. The molecule has 1 saturated heterocycles. The van der Waals surface area contributed by atoms with E-state index in [2.05, 4.69) is 64.2 Å². The van der Waals surface area contributed by atoms with Gasteiger partial charge in [-0.1, -0.05) is 36.4 Å². The molecule has 0 atom stereocenters. The second-order valence-corrected chi connectivity index (χ2v) is 8.34. The summed E-state index contributed by atoms with van der Waals surface area (Å²) in [5.41, 5.74) is 4.78. The number of piperidine rings is 1. The molecule has 1 aromatic heterocycles. The summed E-state index contributed by atoms with van der Waals surface area (Å²) in [6.07, 6.45) is 1.73. The zero-order valence-corrected chi connectivity index (χ0v) is 17.6. The monoisotopic (exact) mass is 390 g/mol. The van der Waals surface area contributed by atoms with Crippen molar-refractivity contribution in [2.24, 2.45) is 5.92 Å². The first-order chi connectivity index (χ1) is 14.0. The van der Waals surface area contributed by atoms with Crippen LogP contribution in [0.25, 0.3) is 11.0 Å². The number of benzene rings is 2. The predicted octanol–water partition coefficient (Wildman–Crippen LogP) is 4.13. The largest absolute Gasteiger partial charge is 0.354 e. The molecule has 5 heteroatoms. The summed E-state index contributed by atoms with van der Waals surface area (Å²) in [5.74, 6) is 1.30. The van der Waals surface area contributed by atoms with E-state index in [9.17, 15) is 4.79 Å². The third-order valence-electron chi connectivity index (χ3n) is 5.80. The smallest absolute Gasteiger partial charge is 0.223 e. The first-order valence-corrected chi connectivity index (χ1v) is 10.6. The zero-order chi connectivity index (χ0) is 20.4. The van der Waals surface area contributed by atoms with Gasteiger partial charge in [-0.15, -0.1) is 0 Å². The van der Waals surface area contributed by atoms with Gasteiger partial charge in [-0.3, -0.25) is 4.79 Å². The fourth-order valence-electron chi connectivity index (χ4n) is 4.16. The molecule has 2 aromatic carbocycles. The van der Waals surface area contributed by atoms with E-state index in [-0.39, 0.29) is 17.9 Å². The van der Waals surface area contributed by atoms with Gasteiger partial charge in [0.25, 0.3) is 0 Å². The lowest BCUT2D eigenvalue weighted by molar-refractivity contribution is -0.126. The average Bonchev–Trinajstić information content (AvgIpc) is 3.08. The fraction of sp³-hybridized carbons (Fsp3) is 0.417. The highest BCUT2D eigenvalue weighted by molar-refractivity contribution is 5.80. The Hall–Kier alpha value is -2.82. The van der Waals surface area contributed by atoms with Gasteiger partial charge in [0.2, 0.25) is 11.9 Å². The van der Waals surface area contributed by atoms with Gasteiger partial charge in [-0.2, -0.15) is 0 Å². The lowest BCUT2D eigenvalue weighted by Crippen LogP contribution is -2.43. The molecule has 2 heterocycles. The fourth-order valence-corrected chi connectivity index (χ4v) is 4.16. The van der Waals surface area contributed by atoms with E-state index < -0.39 is 0 Å². The number of amides is 1. The van der Waals surface area contributed by atoms with Crippen LogP contribution >= 0.6 is 0 Å². The molecule has 152 valence electrons. The number of hydrogen-bond acceptors (Lipinski definition) is 3. The van der Waals surface area contributed by atoms with Crippen LogP contribution in [0.15, 0.2) is 48.5 Å². The van der Waals surface area contributed by atoms with Gasteiger partial charge in [0.05, 0.1) is 17.6 Å². The van der Waals surface area contributed by atoms with Gasteiger partial charge in [0.15, 0.2) is 0 Å². The number of carbonyl (C=O) groups is 1. The SMILES string of the molecule is Cc1ccccc1Cn1c(N2CCC(C(=O)NC(C)C)CC2)nc2ccccc21. The Morgan fingerprint density at radius 2 is 1.79 bits per heavy atom. The summed E-state index contributed by atoms with van der Waals surface area (Å²) in [7, 11) is 0. The Morgan fingerprint density at radius 1 is 1.10 bits per heavy atom. The maximum Gasteiger partial charge on any atom is 0.223 e. The molecule has 1 amide bonds. The van der Waals surface area contributed by atoms with E-state index in [4.69, 9.17) is 4.98 Å². The molecule has 29 heavy (non-hydrogen) atoms. The second kappa shape index (κ2) is 8.27. The Bertz CT molecular complexity index is 999. The Balaban J connectivity index is 1.60. The van der Waals surface area contributed by atoms with Crippen LogP contribution in [0.1, 0.15) is 37.8 Å². The van der Waals surface area contributed by atoms with Gasteiger partial charge in [0.1, 0.15) is 0 Å². The van der Waals surface area contributed by atoms with E-state index in [0.717, 1.165) is 49.5 Å². The maximum absolute atomic E-state index is 12.4. The van der Waals surface area contributed by atoms with E-state index in [1.54, 1.807) is 0 Å². The molecule has 0 aliphatic carbocycles. The van der Waals surface area contributed by atoms with Crippen molar-refractivity contribution >= 4 is 22.9 Å². The van der Waals surface area contributed by atoms with Gasteiger partial charge < -0.3 is 14.8 Å². The van der Waals surface area contributed by atoms with Crippen molar-refractivity contribution in [3.05, 3.63) is 59.7 Å².